The van der Waals surface area contributed by atoms with Gasteiger partial charge in [-0.25, -0.2) is 0 Å². The van der Waals surface area contributed by atoms with Crippen molar-refractivity contribution in [2.75, 3.05) is 12.3 Å². The molecule has 19 heavy (non-hydrogen) atoms. The van der Waals surface area contributed by atoms with E-state index in [2.05, 4.69) is 19.2 Å². The zero-order valence-corrected chi connectivity index (χ0v) is 12.2. The fourth-order valence-corrected chi connectivity index (χ4v) is 1.63. The molecule has 1 amide bonds. The van der Waals surface area contributed by atoms with E-state index in [0.29, 0.717) is 23.9 Å². The molecule has 0 aromatic heterocycles. The second-order valence-electron chi connectivity index (χ2n) is 5.22. The molecule has 4 nitrogen and oxygen atoms in total. The quantitative estimate of drug-likeness (QED) is 0.776. The van der Waals surface area contributed by atoms with Crippen LogP contribution in [0.4, 0.5) is 5.69 Å². The summed E-state index contributed by atoms with van der Waals surface area (Å²) in [7, 11) is 0. The summed E-state index contributed by atoms with van der Waals surface area (Å²) in [5.41, 5.74) is 7.45. The predicted molar refractivity (Wildman–Crippen MR) is 78.1 cm³/mol. The third-order valence-corrected chi connectivity index (χ3v) is 2.98. The van der Waals surface area contributed by atoms with Gasteiger partial charge in [-0.1, -0.05) is 26.0 Å². The average molecular weight is 264 g/mol. The SMILES string of the molecule is Cc1cccc(OC(C)C(=O)NCCC(C)C)c1N. The number of nitrogen functional groups attached to an aromatic ring is 1. The molecule has 0 aliphatic heterocycles. The molecule has 0 saturated heterocycles. The maximum atomic E-state index is 11.8. The van der Waals surface area contributed by atoms with E-state index < -0.39 is 6.10 Å². The van der Waals surface area contributed by atoms with Crippen molar-refractivity contribution in [2.24, 2.45) is 5.92 Å². The Bertz CT molecular complexity index is 430. The van der Waals surface area contributed by atoms with Crippen LogP contribution in [0.2, 0.25) is 0 Å². The van der Waals surface area contributed by atoms with E-state index in [1.54, 1.807) is 13.0 Å². The molecule has 0 radical (unpaired) electrons. The van der Waals surface area contributed by atoms with Gasteiger partial charge in [0.1, 0.15) is 5.75 Å². The van der Waals surface area contributed by atoms with Gasteiger partial charge in [0.25, 0.3) is 5.91 Å². The predicted octanol–water partition coefficient (Wildman–Crippen LogP) is 2.51. The smallest absolute Gasteiger partial charge is 0.260 e. The van der Waals surface area contributed by atoms with Gasteiger partial charge in [0.2, 0.25) is 0 Å². The van der Waals surface area contributed by atoms with Crippen molar-refractivity contribution < 1.29 is 9.53 Å². The molecular weight excluding hydrogens is 240 g/mol. The Morgan fingerprint density at radius 2 is 2.05 bits per heavy atom. The number of hydrogen-bond donors (Lipinski definition) is 2. The molecule has 0 saturated carbocycles. The second kappa shape index (κ2) is 7.02. The van der Waals surface area contributed by atoms with Crippen LogP contribution in [0.3, 0.4) is 0 Å². The van der Waals surface area contributed by atoms with E-state index in [-0.39, 0.29) is 5.91 Å². The van der Waals surface area contributed by atoms with Crippen LogP contribution in [0, 0.1) is 12.8 Å². The lowest BCUT2D eigenvalue weighted by atomic mass is 10.1. The van der Waals surface area contributed by atoms with Crippen molar-refractivity contribution in [2.45, 2.75) is 40.2 Å². The third-order valence-electron chi connectivity index (χ3n) is 2.98. The second-order valence-corrected chi connectivity index (χ2v) is 5.22. The molecule has 106 valence electrons. The lowest BCUT2D eigenvalue weighted by Gasteiger charge is -2.17. The number of rotatable bonds is 6. The number of carbonyl (C=O) groups is 1. The minimum atomic E-state index is -0.545. The first-order valence-corrected chi connectivity index (χ1v) is 6.71. The zero-order valence-electron chi connectivity index (χ0n) is 12.2. The Hall–Kier alpha value is -1.71. The summed E-state index contributed by atoms with van der Waals surface area (Å²) in [4.78, 5) is 11.8. The molecule has 3 N–H and O–H groups in total. The average Bonchev–Trinajstić information content (AvgIpc) is 2.34. The summed E-state index contributed by atoms with van der Waals surface area (Å²) in [6, 6.07) is 5.56. The molecular formula is C15H24N2O2. The minimum Gasteiger partial charge on any atom is -0.479 e. The summed E-state index contributed by atoms with van der Waals surface area (Å²) in [5.74, 6) is 1.03. The fraction of sp³-hybridized carbons (Fsp3) is 0.533. The van der Waals surface area contributed by atoms with Crippen molar-refractivity contribution in [3.05, 3.63) is 23.8 Å². The summed E-state index contributed by atoms with van der Waals surface area (Å²) < 4.78 is 5.61. The third kappa shape index (κ3) is 4.81. The number of hydrogen-bond acceptors (Lipinski definition) is 3. The van der Waals surface area contributed by atoms with Gasteiger partial charge in [-0.2, -0.15) is 0 Å². The van der Waals surface area contributed by atoms with E-state index in [9.17, 15) is 4.79 Å². The highest BCUT2D eigenvalue weighted by Crippen LogP contribution is 2.25. The minimum absolute atomic E-state index is 0.110. The summed E-state index contributed by atoms with van der Waals surface area (Å²) in [5, 5.41) is 2.86. The van der Waals surface area contributed by atoms with Crippen molar-refractivity contribution >= 4 is 11.6 Å². The van der Waals surface area contributed by atoms with Crippen LogP contribution in [-0.4, -0.2) is 18.6 Å². The Balaban J connectivity index is 2.52. The van der Waals surface area contributed by atoms with Gasteiger partial charge < -0.3 is 15.8 Å². The molecule has 0 fully saturated rings. The van der Waals surface area contributed by atoms with Crippen LogP contribution in [0.15, 0.2) is 18.2 Å². The van der Waals surface area contributed by atoms with Gasteiger partial charge in [-0.3, -0.25) is 4.79 Å². The van der Waals surface area contributed by atoms with Crippen molar-refractivity contribution in [3.63, 3.8) is 0 Å². The molecule has 0 aliphatic rings. The van der Waals surface area contributed by atoms with E-state index in [0.717, 1.165) is 12.0 Å². The van der Waals surface area contributed by atoms with Crippen LogP contribution in [-0.2, 0) is 4.79 Å². The Morgan fingerprint density at radius 3 is 2.68 bits per heavy atom. The summed E-state index contributed by atoms with van der Waals surface area (Å²) >= 11 is 0. The summed E-state index contributed by atoms with van der Waals surface area (Å²) in [6.07, 6.45) is 0.418. The number of para-hydroxylation sites is 1. The van der Waals surface area contributed by atoms with Crippen LogP contribution in [0.5, 0.6) is 5.75 Å². The van der Waals surface area contributed by atoms with Gasteiger partial charge in [0.15, 0.2) is 6.10 Å². The lowest BCUT2D eigenvalue weighted by Crippen LogP contribution is -2.37. The molecule has 1 rings (SSSR count). The van der Waals surface area contributed by atoms with Crippen LogP contribution in [0.1, 0.15) is 32.8 Å². The maximum absolute atomic E-state index is 11.8. The van der Waals surface area contributed by atoms with E-state index in [1.807, 2.05) is 19.1 Å². The van der Waals surface area contributed by atoms with Gasteiger partial charge in [-0.05, 0) is 37.8 Å². The summed E-state index contributed by atoms with van der Waals surface area (Å²) in [6.45, 7) is 8.56. The van der Waals surface area contributed by atoms with Crippen molar-refractivity contribution in [3.8, 4) is 5.75 Å². The number of nitrogens with two attached hydrogens (primary N) is 1. The lowest BCUT2D eigenvalue weighted by molar-refractivity contribution is -0.127. The number of carbonyl (C=O) groups excluding carboxylic acids is 1. The van der Waals surface area contributed by atoms with Gasteiger partial charge in [-0.15, -0.1) is 0 Å². The molecule has 1 unspecified atom stereocenters. The van der Waals surface area contributed by atoms with E-state index in [4.69, 9.17) is 10.5 Å². The number of anilines is 1. The Kier molecular flexibility index (Phi) is 5.67. The van der Waals surface area contributed by atoms with Gasteiger partial charge in [0.05, 0.1) is 5.69 Å². The van der Waals surface area contributed by atoms with Crippen LogP contribution < -0.4 is 15.8 Å². The van der Waals surface area contributed by atoms with Crippen LogP contribution in [0.25, 0.3) is 0 Å². The number of benzene rings is 1. The molecule has 0 aliphatic carbocycles. The van der Waals surface area contributed by atoms with Crippen molar-refractivity contribution in [1.29, 1.82) is 0 Å². The normalized spacial score (nSPS) is 12.3. The van der Waals surface area contributed by atoms with E-state index >= 15 is 0 Å². The number of aryl methyl sites for hydroxylation is 1. The first-order valence-electron chi connectivity index (χ1n) is 6.71. The zero-order chi connectivity index (χ0) is 14.4. The van der Waals surface area contributed by atoms with Crippen LogP contribution >= 0.6 is 0 Å². The molecule has 0 bridgehead atoms. The first kappa shape index (κ1) is 15.3. The maximum Gasteiger partial charge on any atom is 0.260 e. The largest absolute Gasteiger partial charge is 0.479 e. The monoisotopic (exact) mass is 264 g/mol. The molecule has 4 heteroatoms. The van der Waals surface area contributed by atoms with Gasteiger partial charge in [0, 0.05) is 6.54 Å². The first-order chi connectivity index (χ1) is 8.91. The molecule has 0 spiro atoms. The topological polar surface area (TPSA) is 64.3 Å². The Labute approximate surface area is 115 Å². The molecule has 1 aromatic carbocycles. The standard InChI is InChI=1S/C15H24N2O2/c1-10(2)8-9-17-15(18)12(4)19-13-7-5-6-11(3)14(13)16/h5-7,10,12H,8-9,16H2,1-4H3,(H,17,18). The van der Waals surface area contributed by atoms with Crippen molar-refractivity contribution in [1.82, 2.24) is 5.32 Å². The van der Waals surface area contributed by atoms with E-state index in [1.165, 1.54) is 0 Å². The number of amides is 1. The number of ether oxygens (including phenoxy) is 1. The molecule has 1 atom stereocenters. The number of nitrogens with one attached hydrogen (secondary N) is 1. The molecule has 1 aromatic rings. The molecule has 0 heterocycles. The highest BCUT2D eigenvalue weighted by molar-refractivity contribution is 5.80. The Morgan fingerprint density at radius 1 is 1.37 bits per heavy atom. The highest BCUT2D eigenvalue weighted by atomic mass is 16.5. The highest BCUT2D eigenvalue weighted by Gasteiger charge is 2.15. The fourth-order valence-electron chi connectivity index (χ4n) is 1.63. The van der Waals surface area contributed by atoms with Gasteiger partial charge >= 0.3 is 0 Å².